The Morgan fingerprint density at radius 1 is 1.35 bits per heavy atom. The number of benzene rings is 1. The van der Waals surface area contributed by atoms with Crippen molar-refractivity contribution in [1.29, 1.82) is 5.26 Å². The first-order chi connectivity index (χ1) is 11.2. The zero-order chi connectivity index (χ0) is 16.5. The lowest BCUT2D eigenvalue weighted by Gasteiger charge is -2.31. The number of aliphatic hydroxyl groups excluding tert-OH is 1. The van der Waals surface area contributed by atoms with E-state index in [9.17, 15) is 9.90 Å². The van der Waals surface area contributed by atoms with Crippen LogP contribution in [0, 0.1) is 17.2 Å². The predicted octanol–water partition coefficient (Wildman–Crippen LogP) is 0.943. The molecule has 23 heavy (non-hydrogen) atoms. The maximum absolute atomic E-state index is 11.6. The molecule has 6 nitrogen and oxygen atoms in total. The van der Waals surface area contributed by atoms with Gasteiger partial charge in [-0.2, -0.15) is 5.26 Å². The highest BCUT2D eigenvalue weighted by molar-refractivity contribution is 5.81. The summed E-state index contributed by atoms with van der Waals surface area (Å²) in [5.41, 5.74) is 2.10. The molecule has 0 aromatic heterocycles. The number of hydrogen-bond acceptors (Lipinski definition) is 5. The second-order valence-electron chi connectivity index (χ2n) is 5.85. The first kappa shape index (κ1) is 17.3. The van der Waals surface area contributed by atoms with Crippen LogP contribution in [0.4, 0.5) is 5.69 Å². The van der Waals surface area contributed by atoms with Crippen LogP contribution in [0.2, 0.25) is 0 Å². The number of carbonyl (C=O) groups is 1. The van der Waals surface area contributed by atoms with Crippen molar-refractivity contribution in [2.45, 2.75) is 19.4 Å². The van der Waals surface area contributed by atoms with E-state index in [1.54, 1.807) is 0 Å². The number of rotatable bonds is 7. The van der Waals surface area contributed by atoms with E-state index in [2.05, 4.69) is 21.6 Å². The molecule has 124 valence electrons. The Balaban J connectivity index is 1.88. The summed E-state index contributed by atoms with van der Waals surface area (Å²) in [6.07, 6.45) is 2.06. The van der Waals surface area contributed by atoms with Gasteiger partial charge in [-0.1, -0.05) is 18.2 Å². The summed E-state index contributed by atoms with van der Waals surface area (Å²) in [5.74, 6) is 0.244. The summed E-state index contributed by atoms with van der Waals surface area (Å²) in [4.78, 5) is 14.0. The molecule has 0 atom stereocenters. The van der Waals surface area contributed by atoms with Crippen molar-refractivity contribution < 1.29 is 9.90 Å². The fourth-order valence-electron chi connectivity index (χ4n) is 2.77. The third kappa shape index (κ3) is 5.55. The fourth-order valence-corrected chi connectivity index (χ4v) is 2.77. The van der Waals surface area contributed by atoms with Crippen LogP contribution in [0.1, 0.15) is 18.4 Å². The molecule has 1 aliphatic heterocycles. The topological polar surface area (TPSA) is 88.4 Å². The predicted molar refractivity (Wildman–Crippen MR) is 88.6 cm³/mol. The van der Waals surface area contributed by atoms with Crippen molar-refractivity contribution in [3.05, 3.63) is 29.8 Å². The molecule has 6 heteroatoms. The van der Waals surface area contributed by atoms with Crippen molar-refractivity contribution in [3.63, 3.8) is 0 Å². The molecule has 2 rings (SSSR count). The third-order valence-electron chi connectivity index (χ3n) is 4.18. The van der Waals surface area contributed by atoms with Gasteiger partial charge in [0.15, 0.2) is 0 Å². The van der Waals surface area contributed by atoms with E-state index < -0.39 is 0 Å². The standard InChI is InChI=1S/C17H24N4O2/c18-7-8-19-17(23)11-20-16-4-2-1-3-15(16)12-21-9-5-14(13-22)6-10-21/h1-4,14,20,22H,5-6,8-13H2,(H,19,23). The number of nitrogens with zero attached hydrogens (tertiary/aromatic N) is 2. The number of para-hydroxylation sites is 1. The van der Waals surface area contributed by atoms with Crippen molar-refractivity contribution in [2.24, 2.45) is 5.92 Å². The number of nitriles is 1. The minimum Gasteiger partial charge on any atom is -0.396 e. The van der Waals surface area contributed by atoms with Gasteiger partial charge in [0.2, 0.25) is 5.91 Å². The van der Waals surface area contributed by atoms with E-state index >= 15 is 0 Å². The number of carbonyl (C=O) groups excluding carboxylic acids is 1. The van der Waals surface area contributed by atoms with Gasteiger partial charge in [-0.25, -0.2) is 0 Å². The molecule has 0 radical (unpaired) electrons. The van der Waals surface area contributed by atoms with Crippen LogP contribution in [0.5, 0.6) is 0 Å². The summed E-state index contributed by atoms with van der Waals surface area (Å²) in [5, 5.41) is 23.3. The average molecular weight is 316 g/mol. The fraction of sp³-hybridized carbons (Fsp3) is 0.529. The average Bonchev–Trinajstić information content (AvgIpc) is 2.60. The van der Waals surface area contributed by atoms with Gasteiger partial charge in [0.25, 0.3) is 0 Å². The molecule has 0 spiro atoms. The van der Waals surface area contributed by atoms with E-state index in [4.69, 9.17) is 5.26 Å². The normalized spacial score (nSPS) is 15.8. The number of hydrogen-bond donors (Lipinski definition) is 3. The molecular weight excluding hydrogens is 292 g/mol. The van der Waals surface area contributed by atoms with Gasteiger partial charge in [0.1, 0.15) is 6.54 Å². The van der Waals surface area contributed by atoms with Gasteiger partial charge in [-0.3, -0.25) is 9.69 Å². The van der Waals surface area contributed by atoms with Crippen molar-refractivity contribution in [3.8, 4) is 6.07 Å². The monoisotopic (exact) mass is 316 g/mol. The highest BCUT2D eigenvalue weighted by atomic mass is 16.3. The molecule has 1 fully saturated rings. The number of aliphatic hydroxyl groups is 1. The molecule has 1 saturated heterocycles. The van der Waals surface area contributed by atoms with Gasteiger partial charge in [-0.05, 0) is 43.5 Å². The number of likely N-dealkylation sites (tertiary alicyclic amines) is 1. The Kier molecular flexibility index (Phi) is 6.85. The maximum atomic E-state index is 11.6. The molecular formula is C17H24N4O2. The summed E-state index contributed by atoms with van der Waals surface area (Å²) in [6, 6.07) is 9.85. The summed E-state index contributed by atoms with van der Waals surface area (Å²) in [6.45, 7) is 3.28. The van der Waals surface area contributed by atoms with Crippen LogP contribution in [-0.4, -0.2) is 48.7 Å². The molecule has 0 unspecified atom stereocenters. The number of amides is 1. The van der Waals surface area contributed by atoms with Gasteiger partial charge in [0, 0.05) is 18.8 Å². The van der Waals surface area contributed by atoms with Crippen molar-refractivity contribution in [2.75, 3.05) is 38.1 Å². The van der Waals surface area contributed by atoms with Gasteiger partial charge >= 0.3 is 0 Å². The third-order valence-corrected chi connectivity index (χ3v) is 4.18. The minimum absolute atomic E-state index is 0.0297. The highest BCUT2D eigenvalue weighted by Crippen LogP contribution is 2.21. The quantitative estimate of drug-likeness (QED) is 0.652. The molecule has 0 saturated carbocycles. The summed E-state index contributed by atoms with van der Waals surface area (Å²) < 4.78 is 0. The van der Waals surface area contributed by atoms with Gasteiger partial charge in [-0.15, -0.1) is 0 Å². The second kappa shape index (κ2) is 9.13. The van der Waals surface area contributed by atoms with Crippen LogP contribution in [0.25, 0.3) is 0 Å². The Labute approximate surface area is 137 Å². The van der Waals surface area contributed by atoms with Crippen molar-refractivity contribution in [1.82, 2.24) is 10.2 Å². The Bertz CT molecular complexity index is 548. The van der Waals surface area contributed by atoms with E-state index in [-0.39, 0.29) is 25.6 Å². The lowest BCUT2D eigenvalue weighted by molar-refractivity contribution is -0.119. The molecule has 0 aliphatic carbocycles. The lowest BCUT2D eigenvalue weighted by atomic mass is 9.97. The Morgan fingerprint density at radius 2 is 2.09 bits per heavy atom. The maximum Gasteiger partial charge on any atom is 0.240 e. The number of piperidine rings is 1. The zero-order valence-corrected chi connectivity index (χ0v) is 13.3. The van der Waals surface area contributed by atoms with E-state index in [1.807, 2.05) is 24.3 Å². The summed E-state index contributed by atoms with van der Waals surface area (Å²) >= 11 is 0. The van der Waals surface area contributed by atoms with Crippen molar-refractivity contribution >= 4 is 11.6 Å². The lowest BCUT2D eigenvalue weighted by Crippen LogP contribution is -2.34. The molecule has 1 amide bonds. The summed E-state index contributed by atoms with van der Waals surface area (Å²) in [7, 11) is 0. The van der Waals surface area contributed by atoms with E-state index in [1.165, 1.54) is 0 Å². The van der Waals surface area contributed by atoms with Crippen LogP contribution < -0.4 is 10.6 Å². The Morgan fingerprint density at radius 3 is 2.78 bits per heavy atom. The SMILES string of the molecule is N#CCNC(=O)CNc1ccccc1CN1CCC(CO)CC1. The van der Waals surface area contributed by atoms with E-state index in [0.717, 1.165) is 43.7 Å². The second-order valence-corrected chi connectivity index (χ2v) is 5.85. The van der Waals surface area contributed by atoms with Crippen LogP contribution in [0.15, 0.2) is 24.3 Å². The molecule has 3 N–H and O–H groups in total. The molecule has 0 bridgehead atoms. The van der Waals surface area contributed by atoms with Gasteiger partial charge < -0.3 is 15.7 Å². The van der Waals surface area contributed by atoms with Crippen LogP contribution >= 0.6 is 0 Å². The first-order valence-electron chi connectivity index (χ1n) is 8.01. The molecule has 1 aliphatic rings. The molecule has 1 aromatic rings. The number of nitrogens with one attached hydrogen (secondary N) is 2. The molecule has 1 aromatic carbocycles. The Hall–Kier alpha value is -2.10. The zero-order valence-electron chi connectivity index (χ0n) is 13.3. The number of anilines is 1. The van der Waals surface area contributed by atoms with Crippen LogP contribution in [0.3, 0.4) is 0 Å². The highest BCUT2D eigenvalue weighted by Gasteiger charge is 2.19. The minimum atomic E-state index is -0.190. The largest absolute Gasteiger partial charge is 0.396 e. The van der Waals surface area contributed by atoms with Gasteiger partial charge in [0.05, 0.1) is 12.6 Å². The smallest absolute Gasteiger partial charge is 0.240 e. The van der Waals surface area contributed by atoms with E-state index in [0.29, 0.717) is 5.92 Å². The van der Waals surface area contributed by atoms with Crippen LogP contribution in [-0.2, 0) is 11.3 Å². The molecule has 1 heterocycles. The first-order valence-corrected chi connectivity index (χ1v) is 8.01.